The lowest BCUT2D eigenvalue weighted by atomic mass is 10.1. The Kier molecular flexibility index (Phi) is 4.98. The standard InChI is InChI=1S/C15H17BrN2O2/c1-2-18(7-8-19)15(20)17-14-6-4-11-9-13(16)5-3-12(11)10-14/h3-6,9-10,19H,2,7-8H2,1H3,(H,17,20). The van der Waals surface area contributed by atoms with Crippen molar-refractivity contribution in [1.29, 1.82) is 0 Å². The number of benzene rings is 2. The second-order valence-corrected chi connectivity index (χ2v) is 5.36. The molecule has 0 atom stereocenters. The van der Waals surface area contributed by atoms with Crippen LogP contribution in [0.2, 0.25) is 0 Å². The second kappa shape index (κ2) is 6.72. The van der Waals surface area contributed by atoms with Crippen molar-refractivity contribution in [2.45, 2.75) is 6.92 Å². The van der Waals surface area contributed by atoms with Gasteiger partial charge in [0.05, 0.1) is 6.61 Å². The van der Waals surface area contributed by atoms with Crippen LogP contribution in [0.5, 0.6) is 0 Å². The van der Waals surface area contributed by atoms with Crippen molar-refractivity contribution in [3.8, 4) is 0 Å². The van der Waals surface area contributed by atoms with E-state index >= 15 is 0 Å². The van der Waals surface area contributed by atoms with Gasteiger partial charge in [-0.2, -0.15) is 0 Å². The number of rotatable bonds is 4. The summed E-state index contributed by atoms with van der Waals surface area (Å²) in [5, 5.41) is 13.9. The molecule has 5 heteroatoms. The number of nitrogens with zero attached hydrogens (tertiary/aromatic N) is 1. The Morgan fingerprint density at radius 3 is 2.65 bits per heavy atom. The van der Waals surface area contributed by atoms with E-state index in [0.717, 1.165) is 20.9 Å². The number of carbonyl (C=O) groups excluding carboxylic acids is 1. The predicted octanol–water partition coefficient (Wildman–Crippen LogP) is 3.45. The van der Waals surface area contributed by atoms with Crippen molar-refractivity contribution in [2.24, 2.45) is 0 Å². The highest BCUT2D eigenvalue weighted by molar-refractivity contribution is 9.10. The van der Waals surface area contributed by atoms with Crippen LogP contribution in [0.25, 0.3) is 10.8 Å². The molecule has 106 valence electrons. The fourth-order valence-electron chi connectivity index (χ4n) is 2.02. The molecule has 0 aliphatic rings. The number of anilines is 1. The lowest BCUT2D eigenvalue weighted by Crippen LogP contribution is -2.36. The number of likely N-dealkylation sites (N-methyl/N-ethyl adjacent to an activating group) is 1. The predicted molar refractivity (Wildman–Crippen MR) is 85.0 cm³/mol. The quantitative estimate of drug-likeness (QED) is 0.898. The van der Waals surface area contributed by atoms with Gasteiger partial charge < -0.3 is 15.3 Å². The number of hydrogen-bond acceptors (Lipinski definition) is 2. The minimum absolute atomic E-state index is 0.0347. The topological polar surface area (TPSA) is 52.6 Å². The van der Waals surface area contributed by atoms with Gasteiger partial charge in [0.1, 0.15) is 0 Å². The minimum Gasteiger partial charge on any atom is -0.395 e. The first-order valence-electron chi connectivity index (χ1n) is 6.50. The van der Waals surface area contributed by atoms with Crippen molar-refractivity contribution in [3.63, 3.8) is 0 Å². The third kappa shape index (κ3) is 3.49. The van der Waals surface area contributed by atoms with Gasteiger partial charge in [0.25, 0.3) is 0 Å². The van der Waals surface area contributed by atoms with Crippen LogP contribution in [0, 0.1) is 0 Å². The van der Waals surface area contributed by atoms with Crippen LogP contribution in [0.15, 0.2) is 40.9 Å². The number of halogens is 1. The molecule has 0 aliphatic carbocycles. The molecular formula is C15H17BrN2O2. The van der Waals surface area contributed by atoms with Crippen LogP contribution in [-0.2, 0) is 0 Å². The maximum atomic E-state index is 12.0. The molecule has 4 nitrogen and oxygen atoms in total. The Labute approximate surface area is 126 Å². The summed E-state index contributed by atoms with van der Waals surface area (Å²) in [6.07, 6.45) is 0. The van der Waals surface area contributed by atoms with Gasteiger partial charge in [-0.3, -0.25) is 0 Å². The van der Waals surface area contributed by atoms with Crippen molar-refractivity contribution >= 4 is 38.4 Å². The Bertz CT molecular complexity index is 616. The van der Waals surface area contributed by atoms with Gasteiger partial charge >= 0.3 is 6.03 Å². The van der Waals surface area contributed by atoms with E-state index in [1.807, 2.05) is 43.3 Å². The lowest BCUT2D eigenvalue weighted by molar-refractivity contribution is 0.192. The van der Waals surface area contributed by atoms with E-state index in [9.17, 15) is 4.79 Å². The molecule has 0 saturated carbocycles. The molecule has 0 spiro atoms. The van der Waals surface area contributed by atoms with E-state index in [4.69, 9.17) is 5.11 Å². The zero-order chi connectivity index (χ0) is 14.5. The Morgan fingerprint density at radius 2 is 1.95 bits per heavy atom. The average molecular weight is 337 g/mol. The summed E-state index contributed by atoms with van der Waals surface area (Å²) in [6.45, 7) is 2.75. The van der Waals surface area contributed by atoms with Gasteiger partial charge in [0, 0.05) is 23.2 Å². The first-order valence-corrected chi connectivity index (χ1v) is 7.29. The first-order chi connectivity index (χ1) is 9.63. The van der Waals surface area contributed by atoms with Gasteiger partial charge in [-0.05, 0) is 42.0 Å². The molecule has 2 rings (SSSR count). The van der Waals surface area contributed by atoms with Gasteiger partial charge in [-0.1, -0.05) is 28.1 Å². The number of hydrogen-bond donors (Lipinski definition) is 2. The molecule has 0 bridgehead atoms. The first kappa shape index (κ1) is 14.8. The summed E-state index contributed by atoms with van der Waals surface area (Å²) in [6, 6.07) is 11.6. The molecule has 2 aromatic rings. The summed E-state index contributed by atoms with van der Waals surface area (Å²) in [5.74, 6) is 0. The van der Waals surface area contributed by atoms with E-state index in [-0.39, 0.29) is 12.6 Å². The molecule has 0 aliphatic heterocycles. The summed E-state index contributed by atoms with van der Waals surface area (Å²) >= 11 is 3.44. The van der Waals surface area contributed by atoms with Gasteiger partial charge in [-0.25, -0.2) is 4.79 Å². The SMILES string of the molecule is CCN(CCO)C(=O)Nc1ccc2cc(Br)ccc2c1. The van der Waals surface area contributed by atoms with Crippen LogP contribution < -0.4 is 5.32 Å². The van der Waals surface area contributed by atoms with Crippen molar-refractivity contribution in [2.75, 3.05) is 25.0 Å². The number of fused-ring (bicyclic) bond motifs is 1. The number of carbonyl (C=O) groups is 1. The van der Waals surface area contributed by atoms with Gasteiger partial charge in [0.2, 0.25) is 0 Å². The fourth-order valence-corrected chi connectivity index (χ4v) is 2.40. The summed E-state index contributed by atoms with van der Waals surface area (Å²) < 4.78 is 1.03. The molecule has 0 fully saturated rings. The highest BCUT2D eigenvalue weighted by Crippen LogP contribution is 2.23. The number of aliphatic hydroxyl groups excluding tert-OH is 1. The fraction of sp³-hybridized carbons (Fsp3) is 0.267. The monoisotopic (exact) mass is 336 g/mol. The second-order valence-electron chi connectivity index (χ2n) is 4.44. The zero-order valence-corrected chi connectivity index (χ0v) is 12.9. The maximum Gasteiger partial charge on any atom is 0.321 e. The summed E-state index contributed by atoms with van der Waals surface area (Å²) in [7, 11) is 0. The summed E-state index contributed by atoms with van der Waals surface area (Å²) in [4.78, 5) is 13.6. The number of amides is 2. The average Bonchev–Trinajstić information content (AvgIpc) is 2.44. The number of nitrogens with one attached hydrogen (secondary N) is 1. The van der Waals surface area contributed by atoms with Crippen molar-refractivity contribution in [1.82, 2.24) is 4.90 Å². The van der Waals surface area contributed by atoms with Crippen molar-refractivity contribution < 1.29 is 9.90 Å². The molecule has 2 N–H and O–H groups in total. The lowest BCUT2D eigenvalue weighted by Gasteiger charge is -2.20. The van der Waals surface area contributed by atoms with E-state index in [1.54, 1.807) is 4.90 Å². The minimum atomic E-state index is -0.196. The molecule has 20 heavy (non-hydrogen) atoms. The van der Waals surface area contributed by atoms with E-state index in [2.05, 4.69) is 21.2 Å². The van der Waals surface area contributed by atoms with Gasteiger partial charge in [0.15, 0.2) is 0 Å². The highest BCUT2D eigenvalue weighted by Gasteiger charge is 2.10. The van der Waals surface area contributed by atoms with Crippen molar-refractivity contribution in [3.05, 3.63) is 40.9 Å². The molecule has 0 radical (unpaired) electrons. The van der Waals surface area contributed by atoms with Crippen LogP contribution >= 0.6 is 15.9 Å². The van der Waals surface area contributed by atoms with E-state index in [0.29, 0.717) is 13.1 Å². The van der Waals surface area contributed by atoms with Crippen LogP contribution in [-0.4, -0.2) is 35.7 Å². The Balaban J connectivity index is 2.17. The van der Waals surface area contributed by atoms with Crippen LogP contribution in [0.4, 0.5) is 10.5 Å². The molecule has 0 saturated heterocycles. The van der Waals surface area contributed by atoms with E-state index < -0.39 is 0 Å². The zero-order valence-electron chi connectivity index (χ0n) is 11.3. The molecule has 0 unspecified atom stereocenters. The Morgan fingerprint density at radius 1 is 1.25 bits per heavy atom. The van der Waals surface area contributed by atoms with E-state index in [1.165, 1.54) is 0 Å². The number of urea groups is 1. The third-order valence-electron chi connectivity index (χ3n) is 3.09. The molecular weight excluding hydrogens is 320 g/mol. The summed E-state index contributed by atoms with van der Waals surface area (Å²) in [5.41, 5.74) is 0.751. The Hall–Kier alpha value is -1.59. The smallest absolute Gasteiger partial charge is 0.321 e. The molecule has 2 amide bonds. The number of aliphatic hydroxyl groups is 1. The van der Waals surface area contributed by atoms with Crippen LogP contribution in [0.1, 0.15) is 6.92 Å². The normalized spacial score (nSPS) is 10.6. The third-order valence-corrected chi connectivity index (χ3v) is 3.59. The maximum absolute atomic E-state index is 12.0. The molecule has 0 aromatic heterocycles. The highest BCUT2D eigenvalue weighted by atomic mass is 79.9. The largest absolute Gasteiger partial charge is 0.395 e. The molecule has 2 aromatic carbocycles. The molecule has 0 heterocycles. The van der Waals surface area contributed by atoms with Crippen LogP contribution in [0.3, 0.4) is 0 Å². The van der Waals surface area contributed by atoms with Gasteiger partial charge in [-0.15, -0.1) is 0 Å².